The summed E-state index contributed by atoms with van der Waals surface area (Å²) >= 11 is 1.75. The zero-order valence-corrected chi connectivity index (χ0v) is 13.3. The highest BCUT2D eigenvalue weighted by Crippen LogP contribution is 2.34. The van der Waals surface area contributed by atoms with Crippen molar-refractivity contribution in [2.45, 2.75) is 49.6 Å². The highest BCUT2D eigenvalue weighted by Gasteiger charge is 2.19. The van der Waals surface area contributed by atoms with Gasteiger partial charge in [0.15, 0.2) is 5.16 Å². The molecule has 1 atom stereocenters. The van der Waals surface area contributed by atoms with Crippen LogP contribution < -0.4 is 5.73 Å². The molecule has 0 bridgehead atoms. The first-order chi connectivity index (χ1) is 10.3. The van der Waals surface area contributed by atoms with Crippen LogP contribution in [0.1, 0.15) is 41.5 Å². The van der Waals surface area contributed by atoms with E-state index in [0.29, 0.717) is 6.54 Å². The summed E-state index contributed by atoms with van der Waals surface area (Å²) in [5.74, 6) is 1.13. The average Bonchev–Trinajstić information content (AvgIpc) is 2.71. The van der Waals surface area contributed by atoms with Crippen LogP contribution in [0.5, 0.6) is 0 Å². The second-order valence-corrected chi connectivity index (χ2v) is 6.79. The molecule has 1 aliphatic heterocycles. The Morgan fingerprint density at radius 1 is 1.29 bits per heavy atom. The molecular formula is C16H22N4S. The van der Waals surface area contributed by atoms with E-state index in [2.05, 4.69) is 46.0 Å². The van der Waals surface area contributed by atoms with Gasteiger partial charge >= 0.3 is 0 Å². The maximum atomic E-state index is 6.00. The van der Waals surface area contributed by atoms with Crippen LogP contribution in [0.15, 0.2) is 29.4 Å². The molecule has 4 nitrogen and oxygen atoms in total. The Bertz CT molecular complexity index is 608. The van der Waals surface area contributed by atoms with E-state index in [0.717, 1.165) is 23.9 Å². The third-order valence-corrected chi connectivity index (χ3v) is 5.21. The predicted molar refractivity (Wildman–Crippen MR) is 86.4 cm³/mol. The van der Waals surface area contributed by atoms with E-state index >= 15 is 0 Å². The third kappa shape index (κ3) is 3.30. The quantitative estimate of drug-likeness (QED) is 0.882. The Morgan fingerprint density at radius 3 is 3.00 bits per heavy atom. The van der Waals surface area contributed by atoms with Crippen molar-refractivity contribution in [2.75, 3.05) is 6.54 Å². The first-order valence-corrected chi connectivity index (χ1v) is 8.51. The minimum absolute atomic E-state index is 0.237. The first kappa shape index (κ1) is 14.6. The van der Waals surface area contributed by atoms with Crippen molar-refractivity contribution < 1.29 is 0 Å². The maximum absolute atomic E-state index is 6.00. The highest BCUT2D eigenvalue weighted by atomic mass is 32.2. The van der Waals surface area contributed by atoms with E-state index < -0.39 is 0 Å². The van der Waals surface area contributed by atoms with Gasteiger partial charge in [-0.2, -0.15) is 0 Å². The SMILES string of the molecule is Cc1cccc(C(CN)Sc2nnc3n2CCCCC3)c1. The second kappa shape index (κ2) is 6.62. The lowest BCUT2D eigenvalue weighted by atomic mass is 10.1. The summed E-state index contributed by atoms with van der Waals surface area (Å²) in [7, 11) is 0. The number of aromatic nitrogens is 3. The minimum Gasteiger partial charge on any atom is -0.329 e. The largest absolute Gasteiger partial charge is 0.329 e. The van der Waals surface area contributed by atoms with Crippen LogP contribution in [0, 0.1) is 6.92 Å². The lowest BCUT2D eigenvalue weighted by molar-refractivity contribution is 0.590. The van der Waals surface area contributed by atoms with Crippen LogP contribution in [0.2, 0.25) is 0 Å². The lowest BCUT2D eigenvalue weighted by Gasteiger charge is -2.15. The number of benzene rings is 1. The van der Waals surface area contributed by atoms with Crippen molar-refractivity contribution in [3.8, 4) is 0 Å². The monoisotopic (exact) mass is 302 g/mol. The topological polar surface area (TPSA) is 56.7 Å². The van der Waals surface area contributed by atoms with Gasteiger partial charge in [-0.25, -0.2) is 0 Å². The summed E-state index contributed by atoms with van der Waals surface area (Å²) in [5, 5.41) is 10.0. The number of fused-ring (bicyclic) bond motifs is 1. The number of aryl methyl sites for hydroxylation is 2. The first-order valence-electron chi connectivity index (χ1n) is 7.63. The molecule has 2 heterocycles. The van der Waals surface area contributed by atoms with Crippen molar-refractivity contribution in [2.24, 2.45) is 5.73 Å². The summed E-state index contributed by atoms with van der Waals surface area (Å²) in [6, 6.07) is 8.57. The summed E-state index contributed by atoms with van der Waals surface area (Å²) in [6.07, 6.45) is 4.77. The molecule has 0 radical (unpaired) electrons. The standard InChI is InChI=1S/C16H22N4S/c1-12-6-5-7-13(10-12)14(11-17)21-16-19-18-15-8-3-2-4-9-20(15)16/h5-7,10,14H,2-4,8-9,11,17H2,1H3. The molecule has 0 amide bonds. The summed E-state index contributed by atoms with van der Waals surface area (Å²) in [6.45, 7) is 3.76. The molecule has 1 unspecified atom stereocenters. The van der Waals surface area contributed by atoms with Crippen molar-refractivity contribution in [3.63, 3.8) is 0 Å². The van der Waals surface area contributed by atoms with E-state index in [1.54, 1.807) is 11.8 Å². The van der Waals surface area contributed by atoms with Gasteiger partial charge in [0, 0.05) is 24.8 Å². The van der Waals surface area contributed by atoms with Gasteiger partial charge in [0.2, 0.25) is 0 Å². The molecule has 1 aromatic heterocycles. The number of hydrogen-bond donors (Lipinski definition) is 1. The number of hydrogen-bond acceptors (Lipinski definition) is 4. The van der Waals surface area contributed by atoms with Crippen LogP contribution in [-0.2, 0) is 13.0 Å². The molecule has 5 heteroatoms. The van der Waals surface area contributed by atoms with Crippen LogP contribution in [0.4, 0.5) is 0 Å². The van der Waals surface area contributed by atoms with Gasteiger partial charge in [-0.1, -0.05) is 48.0 Å². The molecule has 0 spiro atoms. The lowest BCUT2D eigenvalue weighted by Crippen LogP contribution is -2.11. The average molecular weight is 302 g/mol. The van der Waals surface area contributed by atoms with Crippen LogP contribution >= 0.6 is 11.8 Å². The fraction of sp³-hybridized carbons (Fsp3) is 0.500. The van der Waals surface area contributed by atoms with Crippen molar-refractivity contribution in [3.05, 3.63) is 41.2 Å². The molecule has 0 saturated heterocycles. The Balaban J connectivity index is 1.83. The summed E-state index contributed by atoms with van der Waals surface area (Å²) in [4.78, 5) is 0. The molecule has 21 heavy (non-hydrogen) atoms. The molecule has 3 rings (SSSR count). The van der Waals surface area contributed by atoms with E-state index in [9.17, 15) is 0 Å². The minimum atomic E-state index is 0.237. The molecule has 0 fully saturated rings. The normalized spacial score (nSPS) is 16.3. The van der Waals surface area contributed by atoms with Gasteiger partial charge in [-0.15, -0.1) is 10.2 Å². The molecular weight excluding hydrogens is 280 g/mol. The summed E-state index contributed by atoms with van der Waals surface area (Å²) < 4.78 is 2.29. The van der Waals surface area contributed by atoms with Gasteiger partial charge in [0.25, 0.3) is 0 Å². The Labute approximate surface area is 130 Å². The fourth-order valence-electron chi connectivity index (χ4n) is 2.80. The molecule has 0 aliphatic carbocycles. The number of rotatable bonds is 4. The summed E-state index contributed by atoms with van der Waals surface area (Å²) in [5.41, 5.74) is 8.54. The highest BCUT2D eigenvalue weighted by molar-refractivity contribution is 7.99. The van der Waals surface area contributed by atoms with E-state index in [4.69, 9.17) is 5.73 Å². The van der Waals surface area contributed by atoms with Crippen LogP contribution in [0.3, 0.4) is 0 Å². The van der Waals surface area contributed by atoms with E-state index in [-0.39, 0.29) is 5.25 Å². The number of nitrogens with two attached hydrogens (primary N) is 1. The fourth-order valence-corrected chi connectivity index (χ4v) is 3.84. The van der Waals surface area contributed by atoms with Gasteiger partial charge < -0.3 is 10.3 Å². The molecule has 1 aromatic carbocycles. The van der Waals surface area contributed by atoms with Crippen LogP contribution in [0.25, 0.3) is 0 Å². The Kier molecular flexibility index (Phi) is 4.60. The Morgan fingerprint density at radius 2 is 2.19 bits per heavy atom. The smallest absolute Gasteiger partial charge is 0.191 e. The van der Waals surface area contributed by atoms with Crippen molar-refractivity contribution >= 4 is 11.8 Å². The molecule has 112 valence electrons. The van der Waals surface area contributed by atoms with Gasteiger partial charge in [-0.05, 0) is 25.3 Å². The molecule has 2 aromatic rings. The predicted octanol–water partition coefficient (Wildman–Crippen LogP) is 3.11. The van der Waals surface area contributed by atoms with Crippen molar-refractivity contribution in [1.82, 2.24) is 14.8 Å². The molecule has 1 aliphatic rings. The van der Waals surface area contributed by atoms with E-state index in [1.807, 2.05) is 0 Å². The molecule has 2 N–H and O–H groups in total. The maximum Gasteiger partial charge on any atom is 0.191 e. The van der Waals surface area contributed by atoms with Gasteiger partial charge in [0.1, 0.15) is 5.82 Å². The zero-order chi connectivity index (χ0) is 14.7. The third-order valence-electron chi connectivity index (χ3n) is 3.95. The molecule has 0 saturated carbocycles. The number of nitrogens with zero attached hydrogens (tertiary/aromatic N) is 3. The van der Waals surface area contributed by atoms with E-state index in [1.165, 1.54) is 30.4 Å². The Hall–Kier alpha value is -1.33. The zero-order valence-electron chi connectivity index (χ0n) is 12.5. The van der Waals surface area contributed by atoms with Crippen molar-refractivity contribution in [1.29, 1.82) is 0 Å². The second-order valence-electron chi connectivity index (χ2n) is 5.62. The van der Waals surface area contributed by atoms with Gasteiger partial charge in [0.05, 0.1) is 0 Å². The van der Waals surface area contributed by atoms with Crippen LogP contribution in [-0.4, -0.2) is 21.3 Å². The van der Waals surface area contributed by atoms with Gasteiger partial charge in [-0.3, -0.25) is 0 Å². The number of thioether (sulfide) groups is 1.